The Bertz CT molecular complexity index is 1090. The molecule has 0 fully saturated rings. The van der Waals surface area contributed by atoms with Gasteiger partial charge in [-0.1, -0.05) is 36.4 Å². The number of rotatable bonds is 5. The van der Waals surface area contributed by atoms with Gasteiger partial charge in [-0.05, 0) is 42.1 Å². The monoisotopic (exact) mass is 392 g/mol. The van der Waals surface area contributed by atoms with Crippen molar-refractivity contribution < 1.29 is 13.9 Å². The van der Waals surface area contributed by atoms with Crippen molar-refractivity contribution in [1.29, 1.82) is 0 Å². The van der Waals surface area contributed by atoms with Gasteiger partial charge in [0.15, 0.2) is 0 Å². The number of benzene rings is 2. The molecule has 0 bridgehead atoms. The van der Waals surface area contributed by atoms with Gasteiger partial charge in [-0.15, -0.1) is 11.3 Å². The lowest BCUT2D eigenvalue weighted by atomic mass is 10.1. The third-order valence-corrected chi connectivity index (χ3v) is 5.16. The number of nitrogens with zero attached hydrogens (tertiary/aromatic N) is 2. The molecule has 0 N–H and O–H groups in total. The number of carbonyl (C=O) groups is 1. The van der Waals surface area contributed by atoms with Crippen molar-refractivity contribution in [2.24, 2.45) is 0 Å². The van der Waals surface area contributed by atoms with E-state index in [1.165, 1.54) is 22.1 Å². The van der Waals surface area contributed by atoms with Crippen LogP contribution in [0.1, 0.15) is 28.4 Å². The maximum Gasteiger partial charge on any atom is 0.288 e. The summed E-state index contributed by atoms with van der Waals surface area (Å²) in [6, 6.07) is 19.5. The number of hydrogen-bond acceptors (Lipinski definition) is 4. The van der Waals surface area contributed by atoms with E-state index in [1.54, 1.807) is 30.5 Å². The third-order valence-electron chi connectivity index (χ3n) is 4.30. The fourth-order valence-corrected chi connectivity index (χ4v) is 3.52. The van der Waals surface area contributed by atoms with Gasteiger partial charge in [0.05, 0.1) is 4.88 Å². The molecule has 28 heavy (non-hydrogen) atoms. The normalized spacial score (nSPS) is 11.9. The first-order valence-electron chi connectivity index (χ1n) is 8.77. The molecule has 0 aliphatic carbocycles. The van der Waals surface area contributed by atoms with E-state index in [9.17, 15) is 9.18 Å². The van der Waals surface area contributed by atoms with Gasteiger partial charge in [-0.25, -0.2) is 9.07 Å². The molecular formula is C22H17FN2O2S. The Morgan fingerprint density at radius 1 is 1.11 bits per heavy atom. The van der Waals surface area contributed by atoms with Crippen LogP contribution in [0, 0.1) is 5.82 Å². The molecule has 0 aliphatic rings. The summed E-state index contributed by atoms with van der Waals surface area (Å²) >= 11 is 1.36. The maximum absolute atomic E-state index is 14.5. The fourth-order valence-electron chi connectivity index (χ4n) is 2.87. The molecule has 1 atom stereocenters. The van der Waals surface area contributed by atoms with E-state index in [2.05, 4.69) is 5.10 Å². The Labute approximate surface area is 165 Å². The standard InChI is InChI=1S/C22H17FN2O2S/c1-15(20-11-12-25(24-20)22(26)21-8-5-13-28-21)27-17-9-10-18(19(23)14-17)16-6-3-2-4-7-16/h2-15H,1H3/t15-/m1/s1. The van der Waals surface area contributed by atoms with Crippen molar-refractivity contribution in [3.05, 3.63) is 94.7 Å². The second-order valence-corrected chi connectivity index (χ2v) is 7.18. The number of ether oxygens (including phenoxy) is 1. The molecular weight excluding hydrogens is 375 g/mol. The van der Waals surface area contributed by atoms with Crippen LogP contribution in [0.2, 0.25) is 0 Å². The average molecular weight is 392 g/mol. The SMILES string of the molecule is C[C@@H](Oc1ccc(-c2ccccc2)c(F)c1)c1ccn(C(=O)c2cccs2)n1. The van der Waals surface area contributed by atoms with Crippen molar-refractivity contribution in [2.45, 2.75) is 13.0 Å². The van der Waals surface area contributed by atoms with Gasteiger partial charge in [0.25, 0.3) is 5.91 Å². The summed E-state index contributed by atoms with van der Waals surface area (Å²) in [5, 5.41) is 6.15. The topological polar surface area (TPSA) is 44.1 Å². The van der Waals surface area contributed by atoms with E-state index in [0.717, 1.165) is 5.56 Å². The first kappa shape index (κ1) is 18.1. The van der Waals surface area contributed by atoms with Gasteiger partial charge in [0.1, 0.15) is 23.4 Å². The maximum atomic E-state index is 14.5. The van der Waals surface area contributed by atoms with E-state index < -0.39 is 6.10 Å². The van der Waals surface area contributed by atoms with Gasteiger partial charge in [0, 0.05) is 17.8 Å². The molecule has 0 amide bonds. The van der Waals surface area contributed by atoms with Crippen molar-refractivity contribution in [2.75, 3.05) is 0 Å². The smallest absolute Gasteiger partial charge is 0.288 e. The minimum atomic E-state index is -0.431. The summed E-state index contributed by atoms with van der Waals surface area (Å²) in [4.78, 5) is 13.0. The Balaban J connectivity index is 1.49. The number of aromatic nitrogens is 2. The summed E-state index contributed by atoms with van der Waals surface area (Å²) in [5.41, 5.74) is 1.93. The zero-order chi connectivity index (χ0) is 19.5. The first-order valence-corrected chi connectivity index (χ1v) is 9.65. The lowest BCUT2D eigenvalue weighted by molar-refractivity contribution is 0.0947. The summed E-state index contributed by atoms with van der Waals surface area (Å²) in [6.45, 7) is 1.81. The molecule has 0 saturated heterocycles. The van der Waals surface area contributed by atoms with Gasteiger partial charge in [-0.3, -0.25) is 4.79 Å². The molecule has 0 spiro atoms. The predicted molar refractivity (Wildman–Crippen MR) is 107 cm³/mol. The minimum absolute atomic E-state index is 0.188. The van der Waals surface area contributed by atoms with E-state index in [-0.39, 0.29) is 11.7 Å². The first-order chi connectivity index (χ1) is 13.6. The predicted octanol–water partition coefficient (Wildman–Crippen LogP) is 5.58. The van der Waals surface area contributed by atoms with Gasteiger partial charge in [-0.2, -0.15) is 5.10 Å². The summed E-state index contributed by atoms with van der Waals surface area (Å²) in [6.07, 6.45) is 1.18. The van der Waals surface area contributed by atoms with Crippen molar-refractivity contribution in [3.63, 3.8) is 0 Å². The summed E-state index contributed by atoms with van der Waals surface area (Å²) in [7, 11) is 0. The summed E-state index contributed by atoms with van der Waals surface area (Å²) in [5.74, 6) is -0.134. The second-order valence-electron chi connectivity index (χ2n) is 6.24. The largest absolute Gasteiger partial charge is 0.484 e. The molecule has 0 saturated carbocycles. The van der Waals surface area contributed by atoms with E-state index >= 15 is 0 Å². The Hall–Kier alpha value is -3.25. The zero-order valence-corrected chi connectivity index (χ0v) is 15.9. The van der Waals surface area contributed by atoms with Gasteiger partial charge < -0.3 is 4.74 Å². The van der Waals surface area contributed by atoms with E-state index in [1.807, 2.05) is 48.7 Å². The highest BCUT2D eigenvalue weighted by Crippen LogP contribution is 2.28. The van der Waals surface area contributed by atoms with Crippen LogP contribution in [0.4, 0.5) is 4.39 Å². The van der Waals surface area contributed by atoms with Crippen molar-refractivity contribution in [3.8, 4) is 16.9 Å². The zero-order valence-electron chi connectivity index (χ0n) is 15.1. The van der Waals surface area contributed by atoms with E-state index in [4.69, 9.17) is 4.74 Å². The molecule has 6 heteroatoms. The van der Waals surface area contributed by atoms with E-state index in [0.29, 0.717) is 21.9 Å². The Morgan fingerprint density at radius 2 is 1.93 bits per heavy atom. The number of thiophene rings is 1. The molecule has 2 aromatic heterocycles. The molecule has 4 rings (SSSR count). The molecule has 140 valence electrons. The molecule has 4 aromatic rings. The average Bonchev–Trinajstić information content (AvgIpc) is 3.41. The van der Waals surface area contributed by atoms with Crippen LogP contribution in [0.25, 0.3) is 11.1 Å². The highest BCUT2D eigenvalue weighted by Gasteiger charge is 2.16. The molecule has 0 radical (unpaired) electrons. The Morgan fingerprint density at radius 3 is 2.64 bits per heavy atom. The van der Waals surface area contributed by atoms with Crippen LogP contribution in [-0.2, 0) is 0 Å². The fraction of sp³-hybridized carbons (Fsp3) is 0.0909. The van der Waals surface area contributed by atoms with Gasteiger partial charge >= 0.3 is 0 Å². The molecule has 0 aliphatic heterocycles. The second kappa shape index (κ2) is 7.78. The minimum Gasteiger partial charge on any atom is -0.484 e. The van der Waals surface area contributed by atoms with Crippen LogP contribution in [0.3, 0.4) is 0 Å². The highest BCUT2D eigenvalue weighted by atomic mass is 32.1. The van der Waals surface area contributed by atoms with Crippen molar-refractivity contribution >= 4 is 17.2 Å². The molecule has 2 aromatic carbocycles. The lowest BCUT2D eigenvalue weighted by Gasteiger charge is -2.13. The number of carbonyl (C=O) groups excluding carboxylic acids is 1. The quantitative estimate of drug-likeness (QED) is 0.445. The molecule has 2 heterocycles. The highest BCUT2D eigenvalue weighted by molar-refractivity contribution is 7.12. The Kier molecular flexibility index (Phi) is 5.04. The molecule has 0 unspecified atom stereocenters. The lowest BCUT2D eigenvalue weighted by Crippen LogP contribution is -2.12. The summed E-state index contributed by atoms with van der Waals surface area (Å²) < 4.78 is 21.6. The molecule has 4 nitrogen and oxygen atoms in total. The van der Waals surface area contributed by atoms with Gasteiger partial charge in [0.2, 0.25) is 0 Å². The number of hydrogen-bond donors (Lipinski definition) is 0. The third kappa shape index (κ3) is 3.73. The van der Waals surface area contributed by atoms with Crippen LogP contribution in [0.5, 0.6) is 5.75 Å². The van der Waals surface area contributed by atoms with Crippen molar-refractivity contribution in [1.82, 2.24) is 9.78 Å². The van der Waals surface area contributed by atoms with Crippen LogP contribution < -0.4 is 4.74 Å². The van der Waals surface area contributed by atoms with Crippen LogP contribution in [-0.4, -0.2) is 15.7 Å². The van der Waals surface area contributed by atoms with Crippen LogP contribution >= 0.6 is 11.3 Å². The number of halogens is 1. The van der Waals surface area contributed by atoms with Crippen LogP contribution in [0.15, 0.2) is 78.3 Å².